The van der Waals surface area contributed by atoms with Crippen LogP contribution in [0.4, 0.5) is 0 Å². The molecule has 1 fully saturated rings. The lowest BCUT2D eigenvalue weighted by Crippen LogP contribution is -2.35. The summed E-state index contributed by atoms with van der Waals surface area (Å²) >= 11 is 5.05. The van der Waals surface area contributed by atoms with Crippen LogP contribution in [0, 0.1) is 0 Å². The summed E-state index contributed by atoms with van der Waals surface area (Å²) in [5, 5.41) is 0. The van der Waals surface area contributed by atoms with Crippen molar-refractivity contribution < 1.29 is 4.74 Å². The minimum absolute atomic E-state index is 0.393. The van der Waals surface area contributed by atoms with Gasteiger partial charge in [-0.2, -0.15) is 0 Å². The van der Waals surface area contributed by atoms with Gasteiger partial charge in [0.2, 0.25) is 0 Å². The fourth-order valence-electron chi connectivity index (χ4n) is 3.19. The van der Waals surface area contributed by atoms with Crippen LogP contribution in [0.3, 0.4) is 0 Å². The van der Waals surface area contributed by atoms with E-state index in [-0.39, 0.29) is 0 Å². The lowest BCUT2D eigenvalue weighted by atomic mass is 10.1. The third-order valence-electron chi connectivity index (χ3n) is 4.39. The molecule has 0 spiro atoms. The van der Waals surface area contributed by atoms with Crippen molar-refractivity contribution >= 4 is 17.2 Å². The molecule has 1 saturated heterocycles. The first-order chi connectivity index (χ1) is 10.1. The Morgan fingerprint density at radius 3 is 2.86 bits per heavy atom. The quantitative estimate of drug-likeness (QED) is 0.619. The number of para-hydroxylation sites is 1. The molecule has 4 heteroatoms. The van der Waals surface area contributed by atoms with Crippen LogP contribution in [0.5, 0.6) is 5.75 Å². The van der Waals surface area contributed by atoms with E-state index in [1.54, 1.807) is 0 Å². The van der Waals surface area contributed by atoms with Crippen molar-refractivity contribution in [2.75, 3.05) is 13.2 Å². The Labute approximate surface area is 133 Å². The van der Waals surface area contributed by atoms with Gasteiger partial charge in [-0.15, -0.1) is 0 Å². The molecule has 1 heterocycles. The topological polar surface area (TPSA) is 38.5 Å². The number of rotatable bonds is 7. The molecule has 3 nitrogen and oxygen atoms in total. The van der Waals surface area contributed by atoms with Crippen LogP contribution in [0.25, 0.3) is 0 Å². The Morgan fingerprint density at radius 2 is 2.14 bits per heavy atom. The fourth-order valence-corrected chi connectivity index (χ4v) is 3.36. The molecule has 2 N–H and O–H groups in total. The average Bonchev–Trinajstić information content (AvgIpc) is 2.84. The van der Waals surface area contributed by atoms with Crippen molar-refractivity contribution in [3.63, 3.8) is 0 Å². The minimum atomic E-state index is 0.393. The fraction of sp³-hybridized carbons (Fsp3) is 0.588. The molecule has 116 valence electrons. The highest BCUT2D eigenvalue weighted by Gasteiger charge is 2.28. The highest BCUT2D eigenvalue weighted by atomic mass is 32.1. The van der Waals surface area contributed by atoms with Gasteiger partial charge >= 0.3 is 0 Å². The summed E-state index contributed by atoms with van der Waals surface area (Å²) in [7, 11) is 0. The van der Waals surface area contributed by atoms with Crippen molar-refractivity contribution in [3.8, 4) is 5.75 Å². The van der Waals surface area contributed by atoms with Gasteiger partial charge in [-0.25, -0.2) is 0 Å². The van der Waals surface area contributed by atoms with E-state index in [0.29, 0.717) is 17.6 Å². The number of ether oxygens (including phenoxy) is 1. The van der Waals surface area contributed by atoms with E-state index in [1.807, 2.05) is 24.3 Å². The summed E-state index contributed by atoms with van der Waals surface area (Å²) in [6.45, 7) is 6.43. The standard InChI is InChI=1S/C17H26N2OS/c1-3-14-10-9-13(2)19(14)11-6-12-20-16-8-5-4-7-15(16)17(18)21/h4-5,7-8,13-14H,3,6,9-12H2,1-2H3,(H2,18,21). The van der Waals surface area contributed by atoms with Crippen LogP contribution < -0.4 is 10.5 Å². The van der Waals surface area contributed by atoms with Gasteiger partial charge in [0.25, 0.3) is 0 Å². The maximum atomic E-state index is 5.87. The van der Waals surface area contributed by atoms with E-state index >= 15 is 0 Å². The second-order valence-corrected chi connectivity index (χ2v) is 6.23. The molecule has 0 amide bonds. The summed E-state index contributed by atoms with van der Waals surface area (Å²) in [5.74, 6) is 0.798. The Balaban J connectivity index is 1.81. The molecule has 0 aliphatic carbocycles. The van der Waals surface area contributed by atoms with Crippen LogP contribution in [-0.4, -0.2) is 35.1 Å². The largest absolute Gasteiger partial charge is 0.493 e. The molecular formula is C17H26N2OS. The van der Waals surface area contributed by atoms with Crippen molar-refractivity contribution in [2.24, 2.45) is 5.73 Å². The Hall–Kier alpha value is -1.13. The number of thiocarbonyl (C=S) groups is 1. The van der Waals surface area contributed by atoms with E-state index in [4.69, 9.17) is 22.7 Å². The van der Waals surface area contributed by atoms with E-state index in [0.717, 1.165) is 30.3 Å². The van der Waals surface area contributed by atoms with E-state index in [1.165, 1.54) is 19.3 Å². The summed E-state index contributed by atoms with van der Waals surface area (Å²) in [4.78, 5) is 3.02. The first-order valence-electron chi connectivity index (χ1n) is 7.90. The predicted molar refractivity (Wildman–Crippen MR) is 91.9 cm³/mol. The number of hydrogen-bond donors (Lipinski definition) is 1. The van der Waals surface area contributed by atoms with Crippen LogP contribution in [-0.2, 0) is 0 Å². The third-order valence-corrected chi connectivity index (χ3v) is 4.61. The maximum absolute atomic E-state index is 5.87. The first kappa shape index (κ1) is 16.2. The van der Waals surface area contributed by atoms with E-state index in [2.05, 4.69) is 18.7 Å². The highest BCUT2D eigenvalue weighted by Crippen LogP contribution is 2.26. The zero-order valence-electron chi connectivity index (χ0n) is 13.0. The van der Waals surface area contributed by atoms with Gasteiger partial charge in [0.15, 0.2) is 0 Å². The predicted octanol–water partition coefficient (Wildman–Crippen LogP) is 3.35. The SMILES string of the molecule is CCC1CCC(C)N1CCCOc1ccccc1C(N)=S. The second-order valence-electron chi connectivity index (χ2n) is 5.79. The van der Waals surface area contributed by atoms with Crippen LogP contribution in [0.15, 0.2) is 24.3 Å². The summed E-state index contributed by atoms with van der Waals surface area (Å²) < 4.78 is 5.87. The molecule has 1 aromatic rings. The molecule has 2 rings (SSSR count). The molecule has 0 saturated carbocycles. The lowest BCUT2D eigenvalue weighted by molar-refractivity contribution is 0.179. The first-order valence-corrected chi connectivity index (χ1v) is 8.31. The van der Waals surface area contributed by atoms with E-state index in [9.17, 15) is 0 Å². The molecular weight excluding hydrogens is 280 g/mol. The second kappa shape index (κ2) is 7.76. The monoisotopic (exact) mass is 306 g/mol. The van der Waals surface area contributed by atoms with Gasteiger partial charge < -0.3 is 10.5 Å². The Morgan fingerprint density at radius 1 is 1.38 bits per heavy atom. The smallest absolute Gasteiger partial charge is 0.129 e. The molecule has 1 aliphatic heterocycles. The molecule has 1 aromatic carbocycles. The van der Waals surface area contributed by atoms with Crippen LogP contribution in [0.1, 0.15) is 45.1 Å². The normalized spacial score (nSPS) is 22.4. The lowest BCUT2D eigenvalue weighted by Gasteiger charge is -2.27. The zero-order chi connectivity index (χ0) is 15.2. The van der Waals surface area contributed by atoms with Gasteiger partial charge in [-0.05, 0) is 44.7 Å². The van der Waals surface area contributed by atoms with Gasteiger partial charge in [0.05, 0.1) is 12.2 Å². The van der Waals surface area contributed by atoms with Crippen molar-refractivity contribution in [1.29, 1.82) is 0 Å². The van der Waals surface area contributed by atoms with Crippen LogP contribution >= 0.6 is 12.2 Å². The number of nitrogens with two attached hydrogens (primary N) is 1. The molecule has 1 aliphatic rings. The van der Waals surface area contributed by atoms with Gasteiger partial charge in [-0.3, -0.25) is 4.90 Å². The number of nitrogens with zero attached hydrogens (tertiary/aromatic N) is 1. The minimum Gasteiger partial charge on any atom is -0.493 e. The van der Waals surface area contributed by atoms with Gasteiger partial charge in [0.1, 0.15) is 10.7 Å². The van der Waals surface area contributed by atoms with Crippen molar-refractivity contribution in [1.82, 2.24) is 4.90 Å². The van der Waals surface area contributed by atoms with Gasteiger partial charge in [-0.1, -0.05) is 31.3 Å². The maximum Gasteiger partial charge on any atom is 0.129 e. The molecule has 0 bridgehead atoms. The van der Waals surface area contributed by atoms with Crippen LogP contribution in [0.2, 0.25) is 0 Å². The summed E-state index contributed by atoms with van der Waals surface area (Å²) in [6.07, 6.45) is 4.94. The number of benzene rings is 1. The molecule has 0 radical (unpaired) electrons. The highest BCUT2D eigenvalue weighted by molar-refractivity contribution is 7.80. The van der Waals surface area contributed by atoms with Crippen molar-refractivity contribution in [3.05, 3.63) is 29.8 Å². The Bertz CT molecular complexity index is 478. The van der Waals surface area contributed by atoms with E-state index < -0.39 is 0 Å². The molecule has 2 unspecified atom stereocenters. The average molecular weight is 306 g/mol. The molecule has 2 atom stereocenters. The molecule has 21 heavy (non-hydrogen) atoms. The third kappa shape index (κ3) is 4.17. The Kier molecular flexibility index (Phi) is 6.00. The summed E-state index contributed by atoms with van der Waals surface area (Å²) in [5.41, 5.74) is 6.54. The number of likely N-dealkylation sites (tertiary alicyclic amines) is 1. The van der Waals surface area contributed by atoms with Gasteiger partial charge in [0, 0.05) is 18.6 Å². The molecule has 0 aromatic heterocycles. The van der Waals surface area contributed by atoms with Crippen molar-refractivity contribution in [2.45, 2.75) is 51.6 Å². The summed E-state index contributed by atoms with van der Waals surface area (Å²) in [6, 6.07) is 9.18. The zero-order valence-corrected chi connectivity index (χ0v) is 13.9. The number of hydrogen-bond acceptors (Lipinski definition) is 3.